The summed E-state index contributed by atoms with van der Waals surface area (Å²) in [5, 5.41) is 14.8. The van der Waals surface area contributed by atoms with E-state index in [9.17, 15) is 19.5 Å². The van der Waals surface area contributed by atoms with Gasteiger partial charge in [0.1, 0.15) is 11.5 Å². The third-order valence-electron chi connectivity index (χ3n) is 8.10. The molecule has 4 atom stereocenters. The number of nitrogens with zero attached hydrogens (tertiary/aromatic N) is 2. The summed E-state index contributed by atoms with van der Waals surface area (Å²) in [6.07, 6.45) is 0.519. The Labute approximate surface area is 253 Å². The molecular formula is C29H31Cl4N3O4. The van der Waals surface area contributed by atoms with E-state index in [1.807, 2.05) is 25.7 Å². The Bertz CT molecular complexity index is 1420. The number of carboxylic acids is 1. The molecule has 2 N–H and O–H groups in total. The van der Waals surface area contributed by atoms with Gasteiger partial charge in [-0.25, -0.2) is 0 Å². The average Bonchev–Trinajstić information content (AvgIpc) is 3.37. The number of rotatable bonds is 4. The minimum Gasteiger partial charge on any atom is -0.481 e. The number of aliphatic carboxylic acids is 1. The molecule has 2 aromatic rings. The number of carbonyl (C=O) groups is 3. The minimum absolute atomic E-state index is 0.213. The fourth-order valence-electron chi connectivity index (χ4n) is 6.90. The van der Waals surface area contributed by atoms with Gasteiger partial charge < -0.3 is 15.3 Å². The first-order chi connectivity index (χ1) is 18.5. The molecule has 1 spiro atoms. The first-order valence-corrected chi connectivity index (χ1v) is 14.6. The maximum atomic E-state index is 14.8. The van der Waals surface area contributed by atoms with Gasteiger partial charge in [0.05, 0.1) is 16.6 Å². The molecule has 2 aromatic carbocycles. The van der Waals surface area contributed by atoms with Crippen LogP contribution in [0.5, 0.6) is 0 Å². The Kier molecular flexibility index (Phi) is 7.20. The minimum atomic E-state index is -1.67. The van der Waals surface area contributed by atoms with Crippen LogP contribution >= 0.6 is 46.4 Å². The van der Waals surface area contributed by atoms with Crippen LogP contribution in [-0.2, 0) is 19.9 Å². The molecule has 7 nitrogen and oxygen atoms in total. The summed E-state index contributed by atoms with van der Waals surface area (Å²) >= 11 is 25.6. The van der Waals surface area contributed by atoms with Crippen molar-refractivity contribution in [1.29, 1.82) is 0 Å². The van der Waals surface area contributed by atoms with Crippen LogP contribution in [0.25, 0.3) is 0 Å². The van der Waals surface area contributed by atoms with Gasteiger partial charge in [0.2, 0.25) is 5.91 Å². The number of amides is 2. The van der Waals surface area contributed by atoms with E-state index in [0.717, 1.165) is 0 Å². The smallest absolute Gasteiger partial charge is 0.310 e. The molecule has 2 fully saturated rings. The SMILES string of the molecule is CC(C)(C)CN(C(=O)C1[C@@H](C(=O)O)C2(C(=O)Nc3c(Cl)cc(Cl)cc32)N2CC(C)(C)C[C@@H]12)c1cc(Cl)cc(Cl)c1. The summed E-state index contributed by atoms with van der Waals surface area (Å²) in [6.45, 7) is 10.7. The monoisotopic (exact) mass is 625 g/mol. The van der Waals surface area contributed by atoms with Crippen molar-refractivity contribution in [1.82, 2.24) is 4.90 Å². The summed E-state index contributed by atoms with van der Waals surface area (Å²) in [5.41, 5.74) is -1.14. The van der Waals surface area contributed by atoms with Crippen LogP contribution in [0.15, 0.2) is 30.3 Å². The van der Waals surface area contributed by atoms with Crippen molar-refractivity contribution in [2.45, 2.75) is 52.6 Å². The van der Waals surface area contributed by atoms with Crippen LogP contribution in [-0.4, -0.2) is 46.9 Å². The van der Waals surface area contributed by atoms with Crippen molar-refractivity contribution in [2.75, 3.05) is 23.3 Å². The molecular weight excluding hydrogens is 596 g/mol. The number of benzene rings is 2. The molecule has 3 aliphatic rings. The Balaban J connectivity index is 1.74. The van der Waals surface area contributed by atoms with Crippen molar-refractivity contribution in [2.24, 2.45) is 22.7 Å². The summed E-state index contributed by atoms with van der Waals surface area (Å²) < 4.78 is 0. The van der Waals surface area contributed by atoms with Gasteiger partial charge in [-0.2, -0.15) is 0 Å². The standard InChI is InChI=1S/C29H31Cl4N3O4/c1-27(2,3)12-35(17-7-14(30)6-15(31)8-17)24(37)21-20-11-28(4,5)13-36(20)29(22(21)25(38)39)18-9-16(32)10-19(33)23(18)34-26(29)40/h6-10,20-22H,11-13H2,1-5H3,(H,34,40)(H,38,39)/t20-,21?,22-,29?/m0/s1. The van der Waals surface area contributed by atoms with Gasteiger partial charge in [-0.1, -0.05) is 81.0 Å². The third-order valence-corrected chi connectivity index (χ3v) is 9.05. The van der Waals surface area contributed by atoms with Crippen molar-refractivity contribution < 1.29 is 19.5 Å². The zero-order chi connectivity index (χ0) is 29.5. The molecule has 3 heterocycles. The van der Waals surface area contributed by atoms with Crippen LogP contribution in [0.1, 0.15) is 46.6 Å². The molecule has 0 saturated carbocycles. The molecule has 214 valence electrons. The molecule has 2 unspecified atom stereocenters. The topological polar surface area (TPSA) is 90.0 Å². The van der Waals surface area contributed by atoms with Gasteiger partial charge in [0.15, 0.2) is 0 Å². The Hall–Kier alpha value is -2.03. The second kappa shape index (κ2) is 9.77. The predicted octanol–water partition coefficient (Wildman–Crippen LogP) is 6.96. The molecule has 2 amide bonds. The maximum absolute atomic E-state index is 14.8. The van der Waals surface area contributed by atoms with Crippen LogP contribution in [0.3, 0.4) is 0 Å². The third kappa shape index (κ3) is 4.68. The van der Waals surface area contributed by atoms with Crippen molar-refractivity contribution >= 4 is 75.6 Å². The number of nitrogens with one attached hydrogen (secondary N) is 1. The lowest BCUT2D eigenvalue weighted by Crippen LogP contribution is -2.54. The Morgan fingerprint density at radius 1 is 1.05 bits per heavy atom. The number of anilines is 2. The van der Waals surface area contributed by atoms with E-state index in [2.05, 4.69) is 19.2 Å². The number of halogens is 4. The van der Waals surface area contributed by atoms with Crippen LogP contribution in [0.2, 0.25) is 20.1 Å². The van der Waals surface area contributed by atoms with Gasteiger partial charge in [-0.05, 0) is 47.6 Å². The number of hydrogen-bond acceptors (Lipinski definition) is 4. The molecule has 0 aliphatic carbocycles. The van der Waals surface area contributed by atoms with Gasteiger partial charge in [-0.3, -0.25) is 19.3 Å². The average molecular weight is 627 g/mol. The number of carbonyl (C=O) groups excluding carboxylic acids is 2. The Morgan fingerprint density at radius 2 is 1.65 bits per heavy atom. The lowest BCUT2D eigenvalue weighted by molar-refractivity contribution is -0.152. The number of carboxylic acid groups (broad SMARTS) is 1. The molecule has 11 heteroatoms. The fraction of sp³-hybridized carbons (Fsp3) is 0.483. The van der Waals surface area contributed by atoms with E-state index in [1.54, 1.807) is 29.2 Å². The molecule has 3 aliphatic heterocycles. The van der Waals surface area contributed by atoms with Crippen molar-refractivity contribution in [3.63, 3.8) is 0 Å². The van der Waals surface area contributed by atoms with Crippen LogP contribution < -0.4 is 10.2 Å². The fourth-order valence-corrected chi connectivity index (χ4v) is 7.95. The number of fused-ring (bicyclic) bond motifs is 4. The van der Waals surface area contributed by atoms with E-state index in [4.69, 9.17) is 46.4 Å². The highest BCUT2D eigenvalue weighted by Gasteiger charge is 2.73. The number of hydrogen-bond donors (Lipinski definition) is 2. The van der Waals surface area contributed by atoms with Crippen LogP contribution in [0.4, 0.5) is 11.4 Å². The lowest BCUT2D eigenvalue weighted by atomic mass is 9.71. The quantitative estimate of drug-likeness (QED) is 0.383. The highest BCUT2D eigenvalue weighted by molar-refractivity contribution is 6.38. The largest absolute Gasteiger partial charge is 0.481 e. The second-order valence-electron chi connectivity index (χ2n) is 13.0. The summed E-state index contributed by atoms with van der Waals surface area (Å²) in [6, 6.07) is 7.43. The first kappa shape index (κ1) is 29.5. The maximum Gasteiger partial charge on any atom is 0.310 e. The highest BCUT2D eigenvalue weighted by Crippen LogP contribution is 2.61. The normalized spacial score (nSPS) is 27.0. The second-order valence-corrected chi connectivity index (χ2v) is 14.8. The lowest BCUT2D eigenvalue weighted by Gasteiger charge is -2.37. The molecule has 0 aromatic heterocycles. The molecule has 0 bridgehead atoms. The zero-order valence-corrected chi connectivity index (χ0v) is 25.8. The summed E-state index contributed by atoms with van der Waals surface area (Å²) in [4.78, 5) is 45.5. The molecule has 5 rings (SSSR count). The van der Waals surface area contributed by atoms with E-state index >= 15 is 0 Å². The molecule has 2 saturated heterocycles. The van der Waals surface area contributed by atoms with E-state index < -0.39 is 41.2 Å². The Morgan fingerprint density at radius 3 is 2.23 bits per heavy atom. The summed E-state index contributed by atoms with van der Waals surface area (Å²) in [7, 11) is 0. The summed E-state index contributed by atoms with van der Waals surface area (Å²) in [5.74, 6) is -4.64. The van der Waals surface area contributed by atoms with Gasteiger partial charge in [0, 0.05) is 45.5 Å². The first-order valence-electron chi connectivity index (χ1n) is 13.0. The van der Waals surface area contributed by atoms with E-state index in [0.29, 0.717) is 39.9 Å². The van der Waals surface area contributed by atoms with E-state index in [1.165, 1.54) is 6.07 Å². The molecule has 40 heavy (non-hydrogen) atoms. The zero-order valence-electron chi connectivity index (χ0n) is 22.8. The van der Waals surface area contributed by atoms with Gasteiger partial charge in [0.25, 0.3) is 5.91 Å². The molecule has 0 radical (unpaired) electrons. The van der Waals surface area contributed by atoms with Gasteiger partial charge >= 0.3 is 5.97 Å². The van der Waals surface area contributed by atoms with Crippen molar-refractivity contribution in [3.05, 3.63) is 56.0 Å². The van der Waals surface area contributed by atoms with Crippen molar-refractivity contribution in [3.8, 4) is 0 Å². The predicted molar refractivity (Wildman–Crippen MR) is 159 cm³/mol. The van der Waals surface area contributed by atoms with Gasteiger partial charge in [-0.15, -0.1) is 0 Å². The van der Waals surface area contributed by atoms with E-state index in [-0.39, 0.29) is 27.4 Å². The van der Waals surface area contributed by atoms with Crippen LogP contribution in [0, 0.1) is 22.7 Å². The highest BCUT2D eigenvalue weighted by atomic mass is 35.5.